The molecule has 8 nitrogen and oxygen atoms in total. The summed E-state index contributed by atoms with van der Waals surface area (Å²) in [7, 11) is 2.48. The molecule has 1 N–H and O–H groups in total. The lowest BCUT2D eigenvalue weighted by molar-refractivity contribution is -0.177. The lowest BCUT2D eigenvalue weighted by Gasteiger charge is -2.57. The highest BCUT2D eigenvalue weighted by Gasteiger charge is 2.55. The Morgan fingerprint density at radius 3 is 2.23 bits per heavy atom. The minimum atomic E-state index is -2.68. The smallest absolute Gasteiger partial charge is 0.499 e. The van der Waals surface area contributed by atoms with Crippen LogP contribution in [-0.4, -0.2) is 48.2 Å². The zero-order valence-corrected chi connectivity index (χ0v) is 16.7. The first-order valence-electron chi connectivity index (χ1n) is 8.81. The molecule has 0 aromatic rings. The number of hydrogen-bond acceptors (Lipinski definition) is 7. The maximum Gasteiger partial charge on any atom is 0.499 e. The van der Waals surface area contributed by atoms with E-state index in [0.29, 0.717) is 6.16 Å². The van der Waals surface area contributed by atoms with Crippen molar-refractivity contribution in [3.63, 3.8) is 0 Å². The van der Waals surface area contributed by atoms with Gasteiger partial charge < -0.3 is 19.3 Å². The average molecular weight is 386 g/mol. The summed E-state index contributed by atoms with van der Waals surface area (Å²) < 4.78 is 16.4. The van der Waals surface area contributed by atoms with E-state index >= 15 is 0 Å². The fourth-order valence-electron chi connectivity index (χ4n) is 3.21. The normalized spacial score (nSPS) is 31.3. The van der Waals surface area contributed by atoms with Gasteiger partial charge in [0.2, 0.25) is 5.91 Å². The number of fused-ring (bicyclic) bond motifs is 2. The third-order valence-electron chi connectivity index (χ3n) is 4.94. The molecule has 2 heterocycles. The molecule has 10 heteroatoms. The van der Waals surface area contributed by atoms with Crippen molar-refractivity contribution in [3.05, 3.63) is 0 Å². The summed E-state index contributed by atoms with van der Waals surface area (Å²) in [6.07, 6.45) is 0.457. The van der Waals surface area contributed by atoms with Crippen LogP contribution in [-0.2, 0) is 33.1 Å². The van der Waals surface area contributed by atoms with Crippen LogP contribution in [0.25, 0.3) is 0 Å². The van der Waals surface area contributed by atoms with Crippen LogP contribution < -0.4 is 5.32 Å². The van der Waals surface area contributed by atoms with Crippen LogP contribution >= 0.6 is 9.24 Å². The molecule has 2 saturated heterocycles. The number of amides is 1. The van der Waals surface area contributed by atoms with Crippen molar-refractivity contribution in [3.8, 4) is 0 Å². The highest BCUT2D eigenvalue weighted by molar-refractivity contribution is 7.16. The van der Waals surface area contributed by atoms with Gasteiger partial charge in [0, 0.05) is 11.5 Å². The van der Waals surface area contributed by atoms with E-state index in [1.165, 1.54) is 0 Å². The van der Waals surface area contributed by atoms with Crippen LogP contribution in [0.3, 0.4) is 0 Å². The highest BCUT2D eigenvalue weighted by Crippen LogP contribution is 2.43. The fourth-order valence-corrected chi connectivity index (χ4v) is 3.42. The van der Waals surface area contributed by atoms with E-state index < -0.39 is 36.2 Å². The van der Waals surface area contributed by atoms with Crippen molar-refractivity contribution in [2.45, 2.75) is 64.4 Å². The first-order valence-corrected chi connectivity index (χ1v) is 9.63. The van der Waals surface area contributed by atoms with E-state index in [2.05, 4.69) is 14.6 Å². The second-order valence-corrected chi connectivity index (χ2v) is 8.08. The Balaban J connectivity index is 2.06. The molecule has 4 atom stereocenters. The first-order chi connectivity index (χ1) is 12.0. The molecule has 0 aliphatic carbocycles. The molecule has 4 unspecified atom stereocenters. The third-order valence-corrected chi connectivity index (χ3v) is 5.65. The average Bonchev–Trinajstić information content (AvgIpc) is 2.51. The number of carbonyl (C=O) groups excluding carboxylic acids is 4. The molecule has 2 aliphatic heterocycles. The molecule has 2 fully saturated rings. The minimum absolute atomic E-state index is 0.0361. The lowest BCUT2D eigenvalue weighted by atomic mass is 9.58. The maximum absolute atomic E-state index is 12.5. The van der Waals surface area contributed by atoms with Crippen LogP contribution in [0.2, 0.25) is 5.82 Å². The zero-order chi connectivity index (χ0) is 19.7. The van der Waals surface area contributed by atoms with E-state index in [9.17, 15) is 19.2 Å². The van der Waals surface area contributed by atoms with E-state index in [0.717, 1.165) is 0 Å². The van der Waals surface area contributed by atoms with Crippen LogP contribution in [0.4, 0.5) is 0 Å². The third kappa shape index (κ3) is 4.44. The second kappa shape index (κ2) is 7.65. The Kier molecular flexibility index (Phi) is 6.13. The molecule has 1 amide bonds. The zero-order valence-electron chi connectivity index (χ0n) is 15.6. The molecular weight excluding hydrogens is 360 g/mol. The van der Waals surface area contributed by atoms with Gasteiger partial charge >= 0.3 is 6.75 Å². The van der Waals surface area contributed by atoms with Gasteiger partial charge in [-0.3, -0.25) is 19.2 Å². The minimum Gasteiger partial charge on any atom is -0.633 e. The van der Waals surface area contributed by atoms with Gasteiger partial charge in [0.1, 0.15) is 0 Å². The fraction of sp³-hybridized carbons (Fsp3) is 0.750. The highest BCUT2D eigenvalue weighted by atomic mass is 31.0. The van der Waals surface area contributed by atoms with Crippen molar-refractivity contribution >= 4 is 39.6 Å². The van der Waals surface area contributed by atoms with Gasteiger partial charge in [-0.2, -0.15) is 0 Å². The van der Waals surface area contributed by atoms with E-state index in [1.54, 1.807) is 27.7 Å². The number of Topliss-reactive ketones (excluding diaryl/α,β-unsaturated/α-hetero) is 1. The summed E-state index contributed by atoms with van der Waals surface area (Å²) in [6, 6.07) is -0.707. The molecule has 0 radical (unpaired) electrons. The van der Waals surface area contributed by atoms with E-state index in [-0.39, 0.29) is 36.9 Å². The summed E-state index contributed by atoms with van der Waals surface area (Å²) >= 11 is 0. The summed E-state index contributed by atoms with van der Waals surface area (Å²) in [5.74, 6) is -2.38. The Bertz CT molecular complexity index is 606. The molecule has 0 aromatic carbocycles. The van der Waals surface area contributed by atoms with Gasteiger partial charge in [-0.25, -0.2) is 0 Å². The summed E-state index contributed by atoms with van der Waals surface area (Å²) in [6.45, 7) is 3.97. The molecule has 26 heavy (non-hydrogen) atoms. The van der Waals surface area contributed by atoms with E-state index in [4.69, 9.17) is 14.0 Å². The van der Waals surface area contributed by atoms with Gasteiger partial charge in [0.05, 0.1) is 18.9 Å². The van der Waals surface area contributed by atoms with Gasteiger partial charge in [0.25, 0.3) is 11.9 Å². The molecular formula is C16H26BNO7P-. The van der Waals surface area contributed by atoms with Crippen LogP contribution in [0.1, 0.15) is 47.0 Å². The van der Waals surface area contributed by atoms with Crippen molar-refractivity contribution in [1.29, 1.82) is 0 Å². The predicted molar refractivity (Wildman–Crippen MR) is 97.1 cm³/mol. The number of hydrogen-bond donors (Lipinski definition) is 1. The summed E-state index contributed by atoms with van der Waals surface area (Å²) in [4.78, 5) is 48.3. The topological polar surface area (TPSA) is 108 Å². The Morgan fingerprint density at radius 2 is 1.73 bits per heavy atom. The Labute approximate surface area is 155 Å². The predicted octanol–water partition coefficient (Wildman–Crippen LogP) is 0.960. The summed E-state index contributed by atoms with van der Waals surface area (Å²) in [5, 5.41) is 2.67. The largest absolute Gasteiger partial charge is 0.633 e. The van der Waals surface area contributed by atoms with Crippen molar-refractivity contribution in [2.24, 2.45) is 5.92 Å². The number of carbonyl (C=O) groups is 4. The van der Waals surface area contributed by atoms with Crippen LogP contribution in [0.5, 0.6) is 0 Å². The first kappa shape index (κ1) is 20.8. The number of nitrogens with one attached hydrogen (secondary N) is 1. The van der Waals surface area contributed by atoms with Crippen molar-refractivity contribution in [1.82, 2.24) is 5.32 Å². The molecule has 0 spiro atoms. The van der Waals surface area contributed by atoms with Gasteiger partial charge in [0.15, 0.2) is 5.78 Å². The monoisotopic (exact) mass is 386 g/mol. The quantitative estimate of drug-likeness (QED) is 0.513. The second-order valence-electron chi connectivity index (χ2n) is 7.61. The molecule has 0 saturated carbocycles. The Morgan fingerprint density at radius 1 is 1.19 bits per heavy atom. The van der Waals surface area contributed by atoms with Gasteiger partial charge in [-0.05, 0) is 26.4 Å². The standard InChI is InChI=1S/C16H26BNO7P/c1-9(8-26)15(22)18-11(3)12(19)5-10(2)17-23-13(20)6-16(4,25-17)7-14(21)24-17/h9-11H,5-8,26H2,1-4H3,(H,18,22)/q-1. The van der Waals surface area contributed by atoms with Gasteiger partial charge in [-0.15, -0.1) is 9.24 Å². The molecule has 2 aliphatic rings. The SMILES string of the molecule is CC(CP)C(=O)NC(C)C(=O)CC(C)[B-]12OC(=O)CC(C)(CC(=O)O1)O2. The molecule has 2 rings (SSSR count). The van der Waals surface area contributed by atoms with Crippen LogP contribution in [0, 0.1) is 5.92 Å². The maximum atomic E-state index is 12.5. The lowest BCUT2D eigenvalue weighted by Crippen LogP contribution is -2.65. The summed E-state index contributed by atoms with van der Waals surface area (Å²) in [5.41, 5.74) is -0.976. The van der Waals surface area contributed by atoms with Crippen LogP contribution in [0.15, 0.2) is 0 Å². The molecule has 146 valence electrons. The number of rotatable bonds is 7. The molecule has 2 bridgehead atoms. The molecule has 0 aromatic heterocycles. The Hall–Kier alpha value is -1.47. The van der Waals surface area contributed by atoms with Gasteiger partial charge in [-0.1, -0.05) is 19.7 Å². The number of ketones is 1. The van der Waals surface area contributed by atoms with E-state index in [1.807, 2.05) is 0 Å². The van der Waals surface area contributed by atoms with Crippen molar-refractivity contribution < 1.29 is 33.1 Å². The van der Waals surface area contributed by atoms with Crippen molar-refractivity contribution in [2.75, 3.05) is 6.16 Å².